The van der Waals surface area contributed by atoms with Gasteiger partial charge in [-0.15, -0.1) is 0 Å². The largest absolute Gasteiger partial charge is 0.495 e. The number of nitrogens with one attached hydrogen (secondary N) is 1. The highest BCUT2D eigenvalue weighted by Gasteiger charge is 2.38. The zero-order valence-corrected chi connectivity index (χ0v) is 18.9. The highest BCUT2D eigenvalue weighted by molar-refractivity contribution is 5.98. The maximum Gasteiger partial charge on any atom is 0.490 e. The molecule has 0 fully saturated rings. The lowest BCUT2D eigenvalue weighted by Crippen LogP contribution is -2.28. The molecule has 0 aromatic heterocycles. The molecule has 1 amide bonds. The first-order chi connectivity index (χ1) is 16.6. The number of fused-ring (bicyclic) bond motifs is 1. The Labute approximate surface area is 200 Å². The van der Waals surface area contributed by atoms with Gasteiger partial charge in [0.2, 0.25) is 0 Å². The Morgan fingerprint density at radius 3 is 2.06 bits per heavy atom. The zero-order valence-electron chi connectivity index (χ0n) is 18.9. The van der Waals surface area contributed by atoms with Crippen molar-refractivity contribution in [3.63, 3.8) is 0 Å². The van der Waals surface area contributed by atoms with Gasteiger partial charge in [-0.2, -0.15) is 13.2 Å². The number of para-hydroxylation sites is 1. The third-order valence-electron chi connectivity index (χ3n) is 5.64. The number of carbonyl (C=O) groups is 2. The van der Waals surface area contributed by atoms with E-state index in [1.54, 1.807) is 13.2 Å². The second-order valence-corrected chi connectivity index (χ2v) is 8.01. The first-order valence-electron chi connectivity index (χ1n) is 10.8. The number of methoxy groups -OCH3 is 1. The number of hydrogen-bond acceptors (Lipinski definition) is 4. The number of carboxylic acid groups (broad SMARTS) is 1. The van der Waals surface area contributed by atoms with Crippen molar-refractivity contribution in [2.24, 2.45) is 5.73 Å². The molecule has 0 aliphatic heterocycles. The fourth-order valence-electron chi connectivity index (χ4n) is 3.95. The average molecular weight is 486 g/mol. The van der Waals surface area contributed by atoms with E-state index < -0.39 is 18.1 Å². The summed E-state index contributed by atoms with van der Waals surface area (Å²) in [4.78, 5) is 20.5. The Balaban J connectivity index is 0.000000429. The van der Waals surface area contributed by atoms with Crippen molar-refractivity contribution in [3.05, 3.63) is 89.0 Å². The van der Waals surface area contributed by atoms with Gasteiger partial charge < -0.3 is 20.9 Å². The number of alkyl halides is 3. The first kappa shape index (κ1) is 25.8. The molecule has 9 heteroatoms. The number of nitrogens with two attached hydrogens (primary N) is 1. The third kappa shape index (κ3) is 6.60. The van der Waals surface area contributed by atoms with Crippen LogP contribution >= 0.6 is 0 Å². The van der Waals surface area contributed by atoms with Crippen molar-refractivity contribution < 1.29 is 32.6 Å². The van der Waals surface area contributed by atoms with E-state index in [1.165, 1.54) is 16.7 Å². The molecule has 3 aromatic carbocycles. The summed E-state index contributed by atoms with van der Waals surface area (Å²) in [6.45, 7) is 0.831. The average Bonchev–Trinajstić information content (AvgIpc) is 3.25. The van der Waals surface area contributed by atoms with Crippen LogP contribution in [-0.4, -0.2) is 36.3 Å². The van der Waals surface area contributed by atoms with Crippen molar-refractivity contribution in [2.45, 2.75) is 31.6 Å². The van der Waals surface area contributed by atoms with Gasteiger partial charge in [-0.05, 0) is 41.2 Å². The lowest BCUT2D eigenvalue weighted by atomic mass is 9.99. The van der Waals surface area contributed by atoms with Gasteiger partial charge in [-0.1, -0.05) is 60.7 Å². The normalized spacial score (nSPS) is 12.9. The van der Waals surface area contributed by atoms with E-state index in [4.69, 9.17) is 20.4 Å². The lowest BCUT2D eigenvalue weighted by Gasteiger charge is -2.14. The van der Waals surface area contributed by atoms with Gasteiger partial charge in [-0.25, -0.2) is 4.79 Å². The fourth-order valence-corrected chi connectivity index (χ4v) is 3.95. The standard InChI is InChI=1S/C24H24N2O2.C2HF3O2/c1-28-23-21(7-4-8-22(23)24(25)27)17-11-9-16(10-12-17)15-26-20-13-18-5-2-3-6-19(18)14-20;3-2(4,5)1(6)7/h2-12,20,26H,13-15H2,1H3,(H2,25,27);(H,6,7). The summed E-state index contributed by atoms with van der Waals surface area (Å²) in [5.74, 6) is -2.73. The van der Waals surface area contributed by atoms with Gasteiger partial charge in [-0.3, -0.25) is 4.79 Å². The number of rotatable bonds is 6. The van der Waals surface area contributed by atoms with Crippen LogP contribution in [-0.2, 0) is 24.2 Å². The number of ether oxygens (including phenoxy) is 1. The number of aliphatic carboxylic acids is 1. The molecule has 0 unspecified atom stereocenters. The summed E-state index contributed by atoms with van der Waals surface area (Å²) in [6.07, 6.45) is -2.91. The van der Waals surface area contributed by atoms with Crippen LogP contribution in [0, 0.1) is 0 Å². The Hall–Kier alpha value is -3.85. The number of carboxylic acids is 1. The minimum atomic E-state index is -5.08. The number of benzene rings is 3. The molecule has 3 aromatic rings. The molecule has 184 valence electrons. The minimum Gasteiger partial charge on any atom is -0.495 e. The van der Waals surface area contributed by atoms with E-state index in [1.807, 2.05) is 12.1 Å². The number of primary amides is 1. The van der Waals surface area contributed by atoms with Crippen LogP contribution in [0.4, 0.5) is 13.2 Å². The topological polar surface area (TPSA) is 102 Å². The van der Waals surface area contributed by atoms with E-state index in [-0.39, 0.29) is 0 Å². The molecule has 0 bridgehead atoms. The van der Waals surface area contributed by atoms with Crippen LogP contribution in [0.1, 0.15) is 27.0 Å². The van der Waals surface area contributed by atoms with Gasteiger partial charge in [0.25, 0.3) is 5.91 Å². The molecule has 0 spiro atoms. The Kier molecular flexibility index (Phi) is 8.14. The molecule has 0 atom stereocenters. The second-order valence-electron chi connectivity index (χ2n) is 8.01. The minimum absolute atomic E-state index is 0.395. The number of halogens is 3. The van der Waals surface area contributed by atoms with Gasteiger partial charge in [0.15, 0.2) is 0 Å². The van der Waals surface area contributed by atoms with Crippen LogP contribution in [0.15, 0.2) is 66.7 Å². The van der Waals surface area contributed by atoms with Crippen LogP contribution < -0.4 is 15.8 Å². The van der Waals surface area contributed by atoms with Crippen LogP contribution in [0.3, 0.4) is 0 Å². The molecular formula is C26H25F3N2O4. The summed E-state index contributed by atoms with van der Waals surface area (Å²) in [6, 6.07) is 22.9. The van der Waals surface area contributed by atoms with E-state index >= 15 is 0 Å². The van der Waals surface area contributed by atoms with E-state index in [9.17, 15) is 18.0 Å². The fraction of sp³-hybridized carbons (Fsp3) is 0.231. The first-order valence-corrected chi connectivity index (χ1v) is 10.8. The predicted octanol–water partition coefficient (Wildman–Crippen LogP) is 4.35. The van der Waals surface area contributed by atoms with Crippen molar-refractivity contribution in [1.29, 1.82) is 0 Å². The molecule has 0 heterocycles. The van der Waals surface area contributed by atoms with Crippen molar-refractivity contribution >= 4 is 11.9 Å². The number of hydrogen-bond donors (Lipinski definition) is 3. The number of amides is 1. The maximum atomic E-state index is 11.6. The Bertz CT molecular complexity index is 1170. The summed E-state index contributed by atoms with van der Waals surface area (Å²) in [7, 11) is 1.56. The predicted molar refractivity (Wildman–Crippen MR) is 125 cm³/mol. The molecule has 0 radical (unpaired) electrons. The summed E-state index contributed by atoms with van der Waals surface area (Å²) >= 11 is 0. The molecule has 6 nitrogen and oxygen atoms in total. The Morgan fingerprint density at radius 1 is 1.00 bits per heavy atom. The van der Waals surface area contributed by atoms with Gasteiger partial charge in [0, 0.05) is 18.2 Å². The van der Waals surface area contributed by atoms with E-state index in [0.29, 0.717) is 17.4 Å². The Morgan fingerprint density at radius 2 is 1.57 bits per heavy atom. The quantitative estimate of drug-likeness (QED) is 0.481. The van der Waals surface area contributed by atoms with Crippen LogP contribution in [0.5, 0.6) is 5.75 Å². The summed E-state index contributed by atoms with van der Waals surface area (Å²) in [5, 5.41) is 10.8. The monoisotopic (exact) mass is 486 g/mol. The van der Waals surface area contributed by atoms with Crippen molar-refractivity contribution in [2.75, 3.05) is 7.11 Å². The van der Waals surface area contributed by atoms with Gasteiger partial charge >= 0.3 is 12.1 Å². The van der Waals surface area contributed by atoms with Gasteiger partial charge in [0.1, 0.15) is 5.75 Å². The number of carbonyl (C=O) groups excluding carboxylic acids is 1. The second kappa shape index (κ2) is 11.1. The lowest BCUT2D eigenvalue weighted by molar-refractivity contribution is -0.192. The van der Waals surface area contributed by atoms with Crippen LogP contribution in [0.25, 0.3) is 11.1 Å². The van der Waals surface area contributed by atoms with Crippen LogP contribution in [0.2, 0.25) is 0 Å². The van der Waals surface area contributed by atoms with E-state index in [0.717, 1.165) is 30.5 Å². The SMILES string of the molecule is COc1c(C(N)=O)cccc1-c1ccc(CNC2Cc3ccccc3C2)cc1.O=C(O)C(F)(F)F. The van der Waals surface area contributed by atoms with Crippen molar-refractivity contribution in [3.8, 4) is 16.9 Å². The third-order valence-corrected chi connectivity index (χ3v) is 5.64. The molecule has 1 aliphatic rings. The smallest absolute Gasteiger partial charge is 0.490 e. The highest BCUT2D eigenvalue weighted by atomic mass is 19.4. The summed E-state index contributed by atoms with van der Waals surface area (Å²) in [5.41, 5.74) is 11.9. The molecule has 0 saturated heterocycles. The highest BCUT2D eigenvalue weighted by Crippen LogP contribution is 2.33. The molecule has 35 heavy (non-hydrogen) atoms. The van der Waals surface area contributed by atoms with Crippen molar-refractivity contribution in [1.82, 2.24) is 5.32 Å². The molecule has 1 aliphatic carbocycles. The zero-order chi connectivity index (χ0) is 25.6. The maximum absolute atomic E-state index is 11.6. The summed E-state index contributed by atoms with van der Waals surface area (Å²) < 4.78 is 37.2. The molecule has 4 N–H and O–H groups in total. The molecular weight excluding hydrogens is 461 g/mol. The molecule has 4 rings (SSSR count). The van der Waals surface area contributed by atoms with Gasteiger partial charge in [0.05, 0.1) is 12.7 Å². The van der Waals surface area contributed by atoms with E-state index in [2.05, 4.69) is 53.8 Å². The molecule has 0 saturated carbocycles.